The summed E-state index contributed by atoms with van der Waals surface area (Å²) in [7, 11) is 0. The van der Waals surface area contributed by atoms with Crippen molar-refractivity contribution in [3.63, 3.8) is 0 Å². The highest BCUT2D eigenvalue weighted by molar-refractivity contribution is 5.85. The van der Waals surface area contributed by atoms with Crippen LogP contribution in [0.5, 0.6) is 0 Å². The van der Waals surface area contributed by atoms with Gasteiger partial charge in [-0.05, 0) is 13.3 Å². The Morgan fingerprint density at radius 1 is 1.53 bits per heavy atom. The van der Waals surface area contributed by atoms with Gasteiger partial charge < -0.3 is 4.74 Å². The maximum absolute atomic E-state index is 10.6. The van der Waals surface area contributed by atoms with Crippen molar-refractivity contribution >= 4 is 18.1 Å². The zero-order chi connectivity index (χ0) is 11.5. The average Bonchev–Trinajstić information content (AvgIpc) is 2.29. The first kappa shape index (κ1) is 13.9. The van der Waals surface area contributed by atoms with Crippen LogP contribution in [0.4, 0.5) is 5.69 Å². The maximum atomic E-state index is 10.6. The highest BCUT2D eigenvalue weighted by Gasteiger charge is 2.21. The quantitative estimate of drug-likeness (QED) is 0.654. The number of nitrogens with zero attached hydrogens (tertiary/aromatic N) is 1. The van der Waals surface area contributed by atoms with E-state index in [-0.39, 0.29) is 24.3 Å². The molecule has 17 heavy (non-hydrogen) atoms. The second-order valence-corrected chi connectivity index (χ2v) is 3.96. The number of rotatable bonds is 2. The Labute approximate surface area is 106 Å². The summed E-state index contributed by atoms with van der Waals surface area (Å²) in [6.45, 7) is 2.76. The lowest BCUT2D eigenvalue weighted by molar-refractivity contribution is -0.385. The summed E-state index contributed by atoms with van der Waals surface area (Å²) >= 11 is 0. The standard InChI is InChI=1S/C11H14N2O3.ClH/c1-8-5-6-16-11(12-8)9-3-2-4-10(7-9)13(14)15;/h2-4,7-8,11-12H,5-6H2,1H3;1H. The minimum atomic E-state index is -0.393. The molecular formula is C11H15ClN2O3. The Kier molecular flexibility index (Phi) is 4.86. The normalized spacial score (nSPS) is 23.8. The second kappa shape index (κ2) is 5.95. The molecule has 1 saturated heterocycles. The van der Waals surface area contributed by atoms with E-state index < -0.39 is 4.92 Å². The van der Waals surface area contributed by atoms with Crippen molar-refractivity contribution in [3.8, 4) is 0 Å². The van der Waals surface area contributed by atoms with Gasteiger partial charge in [0.25, 0.3) is 5.69 Å². The molecule has 0 saturated carbocycles. The molecule has 94 valence electrons. The molecule has 1 aliphatic rings. The van der Waals surface area contributed by atoms with Crippen LogP contribution >= 0.6 is 12.4 Å². The van der Waals surface area contributed by atoms with E-state index >= 15 is 0 Å². The molecule has 0 spiro atoms. The van der Waals surface area contributed by atoms with Crippen LogP contribution in [0.15, 0.2) is 24.3 Å². The van der Waals surface area contributed by atoms with Gasteiger partial charge in [-0.15, -0.1) is 12.4 Å². The van der Waals surface area contributed by atoms with Gasteiger partial charge in [0.2, 0.25) is 0 Å². The first-order chi connectivity index (χ1) is 7.66. The van der Waals surface area contributed by atoms with Crippen molar-refractivity contribution in [1.29, 1.82) is 0 Å². The molecule has 0 aromatic heterocycles. The molecule has 1 aromatic carbocycles. The third-order valence-electron chi connectivity index (χ3n) is 2.66. The van der Waals surface area contributed by atoms with Gasteiger partial charge in [0.1, 0.15) is 6.23 Å². The van der Waals surface area contributed by atoms with Gasteiger partial charge in [-0.3, -0.25) is 15.4 Å². The van der Waals surface area contributed by atoms with E-state index in [9.17, 15) is 10.1 Å². The molecule has 2 atom stereocenters. The summed E-state index contributed by atoms with van der Waals surface area (Å²) < 4.78 is 5.54. The van der Waals surface area contributed by atoms with E-state index in [0.29, 0.717) is 12.6 Å². The fourth-order valence-corrected chi connectivity index (χ4v) is 1.75. The largest absolute Gasteiger partial charge is 0.359 e. The molecule has 0 amide bonds. The number of nitrogens with one attached hydrogen (secondary N) is 1. The van der Waals surface area contributed by atoms with Crippen molar-refractivity contribution in [2.45, 2.75) is 25.6 Å². The number of ether oxygens (including phenoxy) is 1. The first-order valence-corrected chi connectivity index (χ1v) is 5.29. The van der Waals surface area contributed by atoms with E-state index in [1.54, 1.807) is 12.1 Å². The predicted octanol–water partition coefficient (Wildman–Crippen LogP) is 2.41. The molecule has 1 aliphatic heterocycles. The van der Waals surface area contributed by atoms with Gasteiger partial charge in [-0.25, -0.2) is 0 Å². The molecule has 0 radical (unpaired) electrons. The van der Waals surface area contributed by atoms with Gasteiger partial charge in [0.05, 0.1) is 11.5 Å². The second-order valence-electron chi connectivity index (χ2n) is 3.96. The molecule has 1 fully saturated rings. The summed E-state index contributed by atoms with van der Waals surface area (Å²) in [6.07, 6.45) is 0.731. The Morgan fingerprint density at radius 3 is 2.94 bits per heavy atom. The zero-order valence-corrected chi connectivity index (χ0v) is 10.3. The van der Waals surface area contributed by atoms with Crippen LogP contribution in [-0.2, 0) is 4.74 Å². The van der Waals surface area contributed by atoms with E-state index in [4.69, 9.17) is 4.74 Å². The first-order valence-electron chi connectivity index (χ1n) is 5.29. The van der Waals surface area contributed by atoms with Crippen LogP contribution < -0.4 is 5.32 Å². The lowest BCUT2D eigenvalue weighted by Crippen LogP contribution is -2.38. The summed E-state index contributed by atoms with van der Waals surface area (Å²) in [5, 5.41) is 13.9. The van der Waals surface area contributed by atoms with Crippen molar-refractivity contribution in [3.05, 3.63) is 39.9 Å². The number of non-ortho nitro benzene ring substituents is 1. The number of benzene rings is 1. The van der Waals surface area contributed by atoms with E-state index in [1.807, 2.05) is 6.07 Å². The van der Waals surface area contributed by atoms with Gasteiger partial charge in [0.15, 0.2) is 0 Å². The number of nitro groups is 1. The number of nitro benzene ring substituents is 1. The van der Waals surface area contributed by atoms with Gasteiger partial charge in [0, 0.05) is 23.7 Å². The highest BCUT2D eigenvalue weighted by Crippen LogP contribution is 2.23. The highest BCUT2D eigenvalue weighted by atomic mass is 35.5. The minimum Gasteiger partial charge on any atom is -0.359 e. The molecule has 5 nitrogen and oxygen atoms in total. The molecule has 1 heterocycles. The van der Waals surface area contributed by atoms with Crippen molar-refractivity contribution in [1.82, 2.24) is 5.32 Å². The van der Waals surface area contributed by atoms with Gasteiger partial charge in [-0.2, -0.15) is 0 Å². The fraction of sp³-hybridized carbons (Fsp3) is 0.455. The monoisotopic (exact) mass is 258 g/mol. The van der Waals surface area contributed by atoms with E-state index in [0.717, 1.165) is 12.0 Å². The van der Waals surface area contributed by atoms with Crippen molar-refractivity contribution < 1.29 is 9.66 Å². The maximum Gasteiger partial charge on any atom is 0.269 e. The molecular weight excluding hydrogens is 244 g/mol. The molecule has 1 N–H and O–H groups in total. The number of halogens is 1. The Balaban J connectivity index is 0.00000144. The predicted molar refractivity (Wildman–Crippen MR) is 66.3 cm³/mol. The van der Waals surface area contributed by atoms with E-state index in [1.165, 1.54) is 6.07 Å². The smallest absolute Gasteiger partial charge is 0.269 e. The average molecular weight is 259 g/mol. The molecule has 0 bridgehead atoms. The van der Waals surface area contributed by atoms with Crippen LogP contribution in [0.2, 0.25) is 0 Å². The summed E-state index contributed by atoms with van der Waals surface area (Å²) in [4.78, 5) is 10.3. The fourth-order valence-electron chi connectivity index (χ4n) is 1.75. The molecule has 2 unspecified atom stereocenters. The minimum absolute atomic E-state index is 0. The third-order valence-corrected chi connectivity index (χ3v) is 2.66. The third kappa shape index (κ3) is 3.39. The molecule has 2 rings (SSSR count). The van der Waals surface area contributed by atoms with Crippen LogP contribution in [0, 0.1) is 10.1 Å². The lowest BCUT2D eigenvalue weighted by atomic mass is 10.1. The topological polar surface area (TPSA) is 64.4 Å². The van der Waals surface area contributed by atoms with Crippen LogP contribution in [0.25, 0.3) is 0 Å². The Bertz CT molecular complexity index is 400. The van der Waals surface area contributed by atoms with Gasteiger partial charge in [-0.1, -0.05) is 12.1 Å². The van der Waals surface area contributed by atoms with E-state index in [2.05, 4.69) is 12.2 Å². The number of hydrogen-bond donors (Lipinski definition) is 1. The Morgan fingerprint density at radius 2 is 2.29 bits per heavy atom. The van der Waals surface area contributed by atoms with Crippen molar-refractivity contribution in [2.24, 2.45) is 0 Å². The van der Waals surface area contributed by atoms with Crippen LogP contribution in [0.3, 0.4) is 0 Å². The molecule has 0 aliphatic carbocycles. The van der Waals surface area contributed by atoms with Gasteiger partial charge >= 0.3 is 0 Å². The van der Waals surface area contributed by atoms with Crippen LogP contribution in [-0.4, -0.2) is 17.6 Å². The zero-order valence-electron chi connectivity index (χ0n) is 9.46. The summed E-state index contributed by atoms with van der Waals surface area (Å²) in [5.41, 5.74) is 0.905. The summed E-state index contributed by atoms with van der Waals surface area (Å²) in [5.74, 6) is 0. The Hall–Kier alpha value is -1.17. The lowest BCUT2D eigenvalue weighted by Gasteiger charge is -2.29. The summed E-state index contributed by atoms with van der Waals surface area (Å²) in [6, 6.07) is 6.92. The number of hydrogen-bond acceptors (Lipinski definition) is 4. The van der Waals surface area contributed by atoms with Crippen LogP contribution in [0.1, 0.15) is 25.1 Å². The molecule has 6 heteroatoms. The molecule has 1 aromatic rings. The SMILES string of the molecule is CC1CCOC(c2cccc([N+](=O)[O-])c2)N1.Cl. The van der Waals surface area contributed by atoms with Crippen molar-refractivity contribution in [2.75, 3.05) is 6.61 Å².